The average Bonchev–Trinajstić information content (AvgIpc) is 2.48. The predicted octanol–water partition coefficient (Wildman–Crippen LogP) is 3.50. The van der Waals surface area contributed by atoms with Gasteiger partial charge in [0.15, 0.2) is 0 Å². The lowest BCUT2D eigenvalue weighted by molar-refractivity contribution is 1.71. The fourth-order valence-corrected chi connectivity index (χ4v) is 32.4. The summed E-state index contributed by atoms with van der Waals surface area (Å²) >= 11 is 0. The maximum Gasteiger partial charge on any atom is -0.0623 e. The molecule has 2 aromatic rings. The van der Waals surface area contributed by atoms with E-state index in [2.05, 4.69) is 93.4 Å². The third kappa shape index (κ3) is 2.90. The highest BCUT2D eigenvalue weighted by Crippen LogP contribution is 2.18. The molecular formula is C17H25Si3-. The summed E-state index contributed by atoms with van der Waals surface area (Å²) in [5.74, 6) is 0. The molecule has 0 heterocycles. The summed E-state index contributed by atoms with van der Waals surface area (Å²) in [5, 5.41) is 3.26. The smallest absolute Gasteiger partial charge is 0.0623 e. The molecule has 3 heteroatoms. The van der Waals surface area contributed by atoms with E-state index in [1.165, 1.54) is 0 Å². The van der Waals surface area contributed by atoms with Crippen molar-refractivity contribution in [3.05, 3.63) is 60.7 Å². The lowest BCUT2D eigenvalue weighted by Gasteiger charge is -2.53. The molecule has 2 aromatic carbocycles. The van der Waals surface area contributed by atoms with E-state index in [0.717, 1.165) is 0 Å². The Kier molecular flexibility index (Phi) is 4.52. The van der Waals surface area contributed by atoms with E-state index in [4.69, 9.17) is 0 Å². The Morgan fingerprint density at radius 1 is 0.600 bits per heavy atom. The topological polar surface area (TPSA) is 0 Å². The van der Waals surface area contributed by atoms with Crippen LogP contribution in [-0.4, -0.2) is 23.0 Å². The summed E-state index contributed by atoms with van der Waals surface area (Å²) in [6.45, 7) is 12.9. The van der Waals surface area contributed by atoms with Crippen LogP contribution in [0.1, 0.15) is 0 Å². The van der Waals surface area contributed by atoms with Gasteiger partial charge in [0.05, 0.1) is 0 Å². The van der Waals surface area contributed by atoms with E-state index in [9.17, 15) is 0 Å². The van der Waals surface area contributed by atoms with E-state index in [1.807, 2.05) is 0 Å². The standard InChI is InChI=1S/C17H25Si3/c1-18(19(2,3)16-12-8-6-9-13-16)20(4,5)17-14-10-7-11-15-17/h6-15H,1-5H3/q-1. The molecule has 0 N–H and O–H groups in total. The van der Waals surface area contributed by atoms with Gasteiger partial charge >= 0.3 is 0 Å². The van der Waals surface area contributed by atoms with Crippen LogP contribution in [0.25, 0.3) is 0 Å². The first-order valence-corrected chi connectivity index (χ1v) is 17.3. The van der Waals surface area contributed by atoms with Gasteiger partial charge in [0.25, 0.3) is 0 Å². The maximum absolute atomic E-state index is 2.60. The number of rotatable bonds is 4. The van der Waals surface area contributed by atoms with Crippen molar-refractivity contribution >= 4 is 33.4 Å². The van der Waals surface area contributed by atoms with Gasteiger partial charge in [0.2, 0.25) is 0 Å². The second-order valence-electron chi connectivity index (χ2n) is 6.61. The molecule has 106 valence electrons. The largest absolute Gasteiger partial charge is 0.247 e. The van der Waals surface area contributed by atoms with Crippen LogP contribution in [0.4, 0.5) is 0 Å². The Morgan fingerprint density at radius 2 is 0.900 bits per heavy atom. The van der Waals surface area contributed by atoms with Gasteiger partial charge in [-0.1, -0.05) is 112 Å². The van der Waals surface area contributed by atoms with Crippen LogP contribution < -0.4 is 10.4 Å². The SMILES string of the molecule is C[Si-]([Si](C)(C)c1ccccc1)[Si](C)(C)c1ccccc1. The molecule has 0 bridgehead atoms. The Hall–Kier alpha value is -0.909. The van der Waals surface area contributed by atoms with Crippen molar-refractivity contribution < 1.29 is 0 Å². The molecule has 0 radical (unpaired) electrons. The summed E-state index contributed by atoms with van der Waals surface area (Å²) in [6.07, 6.45) is 0. The number of hydrogen-bond donors (Lipinski definition) is 0. The first-order valence-electron chi connectivity index (χ1n) is 7.32. The van der Waals surface area contributed by atoms with E-state index in [-0.39, 0.29) is 7.83 Å². The molecule has 0 aliphatic heterocycles. The van der Waals surface area contributed by atoms with Crippen LogP contribution in [0.15, 0.2) is 60.7 Å². The van der Waals surface area contributed by atoms with Crippen molar-refractivity contribution in [2.75, 3.05) is 0 Å². The monoisotopic (exact) mass is 313 g/mol. The van der Waals surface area contributed by atoms with Crippen molar-refractivity contribution in [2.45, 2.75) is 32.7 Å². The molecule has 0 spiro atoms. The molecule has 0 unspecified atom stereocenters. The first-order chi connectivity index (χ1) is 9.37. The van der Waals surface area contributed by atoms with Gasteiger partial charge < -0.3 is 0 Å². The number of hydrogen-bond acceptors (Lipinski definition) is 0. The summed E-state index contributed by atoms with van der Waals surface area (Å²) in [4.78, 5) is 0. The van der Waals surface area contributed by atoms with Crippen LogP contribution in [0, 0.1) is 0 Å². The Balaban J connectivity index is 2.37. The van der Waals surface area contributed by atoms with E-state index in [0.29, 0.717) is 0 Å². The highest BCUT2D eigenvalue weighted by atomic mass is 29.6. The Bertz CT molecular complexity index is 495. The van der Waals surface area contributed by atoms with Crippen molar-refractivity contribution in [3.63, 3.8) is 0 Å². The third-order valence-electron chi connectivity index (χ3n) is 4.87. The lowest BCUT2D eigenvalue weighted by Crippen LogP contribution is -2.69. The van der Waals surface area contributed by atoms with Crippen molar-refractivity contribution in [1.82, 2.24) is 0 Å². The van der Waals surface area contributed by atoms with E-state index < -0.39 is 15.2 Å². The molecule has 0 aliphatic rings. The quantitative estimate of drug-likeness (QED) is 0.758. The van der Waals surface area contributed by atoms with E-state index in [1.54, 1.807) is 10.4 Å². The van der Waals surface area contributed by atoms with Gasteiger partial charge in [-0.2, -0.15) is 6.55 Å². The zero-order valence-electron chi connectivity index (χ0n) is 13.3. The second-order valence-corrected chi connectivity index (χ2v) is 29.0. The Labute approximate surface area is 127 Å². The highest BCUT2D eigenvalue weighted by Gasteiger charge is 2.30. The lowest BCUT2D eigenvalue weighted by atomic mass is 10.4. The van der Waals surface area contributed by atoms with Crippen molar-refractivity contribution in [1.29, 1.82) is 0 Å². The van der Waals surface area contributed by atoms with Gasteiger partial charge in [-0.15, -0.1) is 0 Å². The summed E-state index contributed by atoms with van der Waals surface area (Å²) in [5.41, 5.74) is 0. The molecule has 0 fully saturated rings. The molecule has 2 rings (SSSR count). The summed E-state index contributed by atoms with van der Waals surface area (Å²) < 4.78 is 0. The first kappa shape index (κ1) is 15.5. The molecule has 20 heavy (non-hydrogen) atoms. The minimum absolute atomic E-state index is 0.369. The molecule has 0 atom stereocenters. The van der Waals surface area contributed by atoms with Crippen LogP contribution in [0.5, 0.6) is 0 Å². The minimum Gasteiger partial charge on any atom is -0.247 e. The molecule has 0 nitrogen and oxygen atoms in total. The van der Waals surface area contributed by atoms with Crippen LogP contribution >= 0.6 is 0 Å². The third-order valence-corrected chi connectivity index (χ3v) is 36.4. The van der Waals surface area contributed by atoms with Crippen LogP contribution in [0.3, 0.4) is 0 Å². The van der Waals surface area contributed by atoms with Gasteiger partial charge in [-0.25, -0.2) is 7.83 Å². The van der Waals surface area contributed by atoms with Crippen LogP contribution in [-0.2, 0) is 0 Å². The fourth-order valence-electron chi connectivity index (χ4n) is 2.92. The second kappa shape index (κ2) is 5.84. The molecule has 0 amide bonds. The molecule has 0 aliphatic carbocycles. The van der Waals surface area contributed by atoms with Crippen molar-refractivity contribution in [3.8, 4) is 0 Å². The minimum atomic E-state index is -1.34. The number of benzene rings is 2. The van der Waals surface area contributed by atoms with Gasteiger partial charge in [0, 0.05) is 0 Å². The van der Waals surface area contributed by atoms with Gasteiger partial charge in [-0.05, 0) is 0 Å². The van der Waals surface area contributed by atoms with Crippen LogP contribution in [0.2, 0.25) is 32.7 Å². The molecule has 0 saturated heterocycles. The summed E-state index contributed by atoms with van der Waals surface area (Å²) in [6, 6.07) is 22.5. The molecular weight excluding hydrogens is 288 g/mol. The molecule has 0 aromatic heterocycles. The zero-order chi connectivity index (χ0) is 14.8. The maximum atomic E-state index is 2.60. The van der Waals surface area contributed by atoms with Crippen molar-refractivity contribution in [2.24, 2.45) is 0 Å². The molecule has 0 saturated carbocycles. The fraction of sp³-hybridized carbons (Fsp3) is 0.294. The average molecular weight is 314 g/mol. The summed E-state index contributed by atoms with van der Waals surface area (Å²) in [7, 11) is -3.04. The Morgan fingerprint density at radius 3 is 1.20 bits per heavy atom. The predicted molar refractivity (Wildman–Crippen MR) is 98.7 cm³/mol. The van der Waals surface area contributed by atoms with Gasteiger partial charge in [0.1, 0.15) is 0 Å². The highest BCUT2D eigenvalue weighted by molar-refractivity contribution is 7.65. The normalized spacial score (nSPS) is 12.7. The van der Waals surface area contributed by atoms with E-state index >= 15 is 0 Å². The zero-order valence-corrected chi connectivity index (χ0v) is 16.3. The van der Waals surface area contributed by atoms with Gasteiger partial charge in [-0.3, -0.25) is 0 Å².